The molecule has 1 aliphatic carbocycles. The van der Waals surface area contributed by atoms with Gasteiger partial charge in [-0.3, -0.25) is 0 Å². The molecular formula is C10H8N2. The van der Waals surface area contributed by atoms with E-state index in [0.717, 1.165) is 0 Å². The topological polar surface area (TPSA) is 47.6 Å². The summed E-state index contributed by atoms with van der Waals surface area (Å²) in [4.78, 5) is 0. The summed E-state index contributed by atoms with van der Waals surface area (Å²) in [7, 11) is 0. The van der Waals surface area contributed by atoms with Gasteiger partial charge in [0.05, 0.1) is 17.6 Å². The number of nitrogens with zero attached hydrogens (tertiary/aromatic N) is 2. The first-order valence-electron chi connectivity index (χ1n) is 3.60. The first-order valence-corrected chi connectivity index (χ1v) is 3.60. The van der Waals surface area contributed by atoms with Crippen LogP contribution < -0.4 is 0 Å². The molecule has 58 valence electrons. The Hall–Kier alpha value is -1.80. The van der Waals surface area contributed by atoms with Gasteiger partial charge in [0.2, 0.25) is 0 Å². The van der Waals surface area contributed by atoms with Crippen molar-refractivity contribution in [2.24, 2.45) is 5.41 Å². The number of hydrogen-bond acceptors (Lipinski definition) is 2. The third-order valence-corrected chi connectivity index (χ3v) is 1.65. The van der Waals surface area contributed by atoms with Gasteiger partial charge in [-0.1, -0.05) is 18.2 Å². The molecule has 0 saturated carbocycles. The molecule has 0 fully saturated rings. The largest absolute Gasteiger partial charge is 0.197 e. The van der Waals surface area contributed by atoms with Gasteiger partial charge < -0.3 is 0 Å². The molecule has 1 rings (SSSR count). The van der Waals surface area contributed by atoms with Gasteiger partial charge in [-0.2, -0.15) is 10.5 Å². The molecule has 0 N–H and O–H groups in total. The lowest BCUT2D eigenvalue weighted by Crippen LogP contribution is -2.05. The molecule has 1 aliphatic rings. The number of allylic oxidation sites excluding steroid dienone is 6. The quantitative estimate of drug-likeness (QED) is 0.539. The minimum Gasteiger partial charge on any atom is -0.197 e. The molecule has 0 aromatic rings. The molecule has 0 amide bonds. The normalized spacial score (nSPS) is 26.8. The zero-order valence-corrected chi connectivity index (χ0v) is 6.78. The van der Waals surface area contributed by atoms with E-state index in [-0.39, 0.29) is 0 Å². The first-order chi connectivity index (χ1) is 5.70. The highest BCUT2D eigenvalue weighted by Gasteiger charge is 2.17. The standard InChI is InChI=1S/C10H8N2/c1-10(8-12)5-3-2-4-9(6-10)7-11/h2-6H,1H3. The summed E-state index contributed by atoms with van der Waals surface area (Å²) in [5, 5.41) is 17.4. The van der Waals surface area contributed by atoms with Crippen LogP contribution in [0.1, 0.15) is 6.92 Å². The summed E-state index contributed by atoms with van der Waals surface area (Å²) in [5.41, 5.74) is -0.113. The van der Waals surface area contributed by atoms with E-state index >= 15 is 0 Å². The van der Waals surface area contributed by atoms with Crippen molar-refractivity contribution in [2.45, 2.75) is 6.92 Å². The minimum atomic E-state index is -0.644. The molecular weight excluding hydrogens is 148 g/mol. The van der Waals surface area contributed by atoms with Gasteiger partial charge in [-0.15, -0.1) is 0 Å². The third-order valence-electron chi connectivity index (χ3n) is 1.65. The van der Waals surface area contributed by atoms with Crippen LogP contribution in [0.15, 0.2) is 36.0 Å². The average Bonchev–Trinajstić information content (AvgIpc) is 2.28. The Morgan fingerprint density at radius 2 is 2.08 bits per heavy atom. The maximum absolute atomic E-state index is 8.81. The van der Waals surface area contributed by atoms with E-state index in [1.807, 2.05) is 6.07 Å². The Labute approximate surface area is 71.7 Å². The summed E-state index contributed by atoms with van der Waals surface area (Å²) >= 11 is 0. The van der Waals surface area contributed by atoms with E-state index in [1.54, 1.807) is 37.3 Å². The molecule has 0 saturated heterocycles. The second-order valence-electron chi connectivity index (χ2n) is 2.82. The van der Waals surface area contributed by atoms with Gasteiger partial charge in [0.25, 0.3) is 0 Å². The number of hydrogen-bond donors (Lipinski definition) is 0. The Balaban J connectivity index is 3.13. The highest BCUT2D eigenvalue weighted by molar-refractivity contribution is 5.42. The van der Waals surface area contributed by atoms with Crippen molar-refractivity contribution in [2.75, 3.05) is 0 Å². The monoisotopic (exact) mass is 156 g/mol. The fourth-order valence-electron chi connectivity index (χ4n) is 0.973. The molecule has 1 unspecified atom stereocenters. The molecule has 2 heteroatoms. The van der Waals surface area contributed by atoms with Gasteiger partial charge in [0.1, 0.15) is 0 Å². The fraction of sp³-hybridized carbons (Fsp3) is 0.200. The highest BCUT2D eigenvalue weighted by Crippen LogP contribution is 2.23. The predicted molar refractivity (Wildman–Crippen MR) is 45.7 cm³/mol. The lowest BCUT2D eigenvalue weighted by atomic mass is 9.91. The lowest BCUT2D eigenvalue weighted by molar-refractivity contribution is 0.734. The molecule has 0 spiro atoms. The van der Waals surface area contributed by atoms with Crippen LogP contribution in [-0.4, -0.2) is 0 Å². The molecule has 12 heavy (non-hydrogen) atoms. The van der Waals surface area contributed by atoms with Crippen molar-refractivity contribution < 1.29 is 0 Å². The van der Waals surface area contributed by atoms with E-state index in [9.17, 15) is 0 Å². The predicted octanol–water partition coefficient (Wildman–Crippen LogP) is 2.09. The second kappa shape index (κ2) is 3.07. The number of rotatable bonds is 0. The molecule has 0 heterocycles. The van der Waals surface area contributed by atoms with Crippen LogP contribution in [0.5, 0.6) is 0 Å². The van der Waals surface area contributed by atoms with Crippen LogP contribution in [0, 0.1) is 28.1 Å². The fourth-order valence-corrected chi connectivity index (χ4v) is 0.973. The second-order valence-corrected chi connectivity index (χ2v) is 2.82. The number of nitriles is 2. The van der Waals surface area contributed by atoms with Crippen molar-refractivity contribution >= 4 is 0 Å². The maximum atomic E-state index is 8.81. The molecule has 0 aromatic carbocycles. The van der Waals surface area contributed by atoms with Gasteiger partial charge in [0.15, 0.2) is 0 Å². The van der Waals surface area contributed by atoms with Crippen LogP contribution in [0.4, 0.5) is 0 Å². The van der Waals surface area contributed by atoms with E-state index in [1.165, 1.54) is 0 Å². The molecule has 0 aliphatic heterocycles. The summed E-state index contributed by atoms with van der Waals surface area (Å²) in [6.45, 7) is 1.77. The van der Waals surface area contributed by atoms with Gasteiger partial charge >= 0.3 is 0 Å². The van der Waals surface area contributed by atoms with E-state index < -0.39 is 5.41 Å². The Morgan fingerprint density at radius 3 is 2.67 bits per heavy atom. The third kappa shape index (κ3) is 1.62. The van der Waals surface area contributed by atoms with Gasteiger partial charge in [-0.25, -0.2) is 0 Å². The van der Waals surface area contributed by atoms with Crippen molar-refractivity contribution in [3.63, 3.8) is 0 Å². The molecule has 0 aromatic heterocycles. The summed E-state index contributed by atoms with van der Waals surface area (Å²) in [5.74, 6) is 0. The van der Waals surface area contributed by atoms with Crippen molar-refractivity contribution in [3.05, 3.63) is 36.0 Å². The zero-order valence-electron chi connectivity index (χ0n) is 6.78. The van der Waals surface area contributed by atoms with Crippen LogP contribution in [0.2, 0.25) is 0 Å². The van der Waals surface area contributed by atoms with Gasteiger partial charge in [-0.05, 0) is 19.1 Å². The Morgan fingerprint density at radius 1 is 1.33 bits per heavy atom. The van der Waals surface area contributed by atoms with Crippen LogP contribution in [0.3, 0.4) is 0 Å². The van der Waals surface area contributed by atoms with Crippen LogP contribution >= 0.6 is 0 Å². The van der Waals surface area contributed by atoms with Crippen molar-refractivity contribution in [1.29, 1.82) is 10.5 Å². The van der Waals surface area contributed by atoms with E-state index in [0.29, 0.717) is 5.57 Å². The molecule has 0 radical (unpaired) electrons. The maximum Gasteiger partial charge on any atom is 0.0988 e. The highest BCUT2D eigenvalue weighted by atomic mass is 14.3. The SMILES string of the molecule is CC1(C#N)C=CC=CC(C#N)=C1. The Kier molecular flexibility index (Phi) is 2.12. The van der Waals surface area contributed by atoms with Crippen LogP contribution in [0.25, 0.3) is 0 Å². The van der Waals surface area contributed by atoms with Crippen molar-refractivity contribution in [3.8, 4) is 12.1 Å². The van der Waals surface area contributed by atoms with E-state index in [4.69, 9.17) is 10.5 Å². The molecule has 0 bridgehead atoms. The molecule has 2 nitrogen and oxygen atoms in total. The van der Waals surface area contributed by atoms with Gasteiger partial charge in [0, 0.05) is 5.57 Å². The Bertz CT molecular complexity index is 347. The average molecular weight is 156 g/mol. The lowest BCUT2D eigenvalue weighted by Gasteiger charge is -2.09. The molecule has 1 atom stereocenters. The minimum absolute atomic E-state index is 0.532. The van der Waals surface area contributed by atoms with Crippen molar-refractivity contribution in [1.82, 2.24) is 0 Å². The smallest absolute Gasteiger partial charge is 0.0988 e. The van der Waals surface area contributed by atoms with Crippen LogP contribution in [-0.2, 0) is 0 Å². The first kappa shape index (κ1) is 8.30. The van der Waals surface area contributed by atoms with E-state index in [2.05, 4.69) is 6.07 Å². The summed E-state index contributed by atoms with van der Waals surface area (Å²) in [6, 6.07) is 4.15. The summed E-state index contributed by atoms with van der Waals surface area (Å²) in [6.07, 6.45) is 8.67. The summed E-state index contributed by atoms with van der Waals surface area (Å²) < 4.78 is 0. The zero-order chi connectivity index (χ0) is 9.03.